The molecule has 0 saturated heterocycles. The minimum absolute atomic E-state index is 0.723. The molecule has 0 fully saturated rings. The van der Waals surface area contributed by atoms with Gasteiger partial charge in [-0.1, -0.05) is 32.0 Å². The van der Waals surface area contributed by atoms with E-state index < -0.39 is 0 Å². The smallest absolute Gasteiger partial charge is 0.103 e. The number of hydrogen-bond acceptors (Lipinski definition) is 3. The Morgan fingerprint density at radius 1 is 1.15 bits per heavy atom. The highest BCUT2D eigenvalue weighted by molar-refractivity contribution is 7.99. The summed E-state index contributed by atoms with van der Waals surface area (Å²) in [4.78, 5) is 1.03. The fourth-order valence-electron chi connectivity index (χ4n) is 2.05. The van der Waals surface area contributed by atoms with Crippen LogP contribution < -0.4 is 5.32 Å². The van der Waals surface area contributed by atoms with Gasteiger partial charge in [-0.25, -0.2) is 0 Å². The second kappa shape index (κ2) is 7.02. The van der Waals surface area contributed by atoms with Crippen molar-refractivity contribution in [3.8, 4) is 6.07 Å². The number of nitriles is 1. The fraction of sp³-hybridized carbons (Fsp3) is 0.235. The molecular weight excluding hydrogens is 264 g/mol. The largest absolute Gasteiger partial charge is 0.354 e. The molecule has 0 saturated carbocycles. The van der Waals surface area contributed by atoms with Crippen LogP contribution in [0, 0.1) is 11.3 Å². The molecule has 0 radical (unpaired) electrons. The molecule has 2 nitrogen and oxygen atoms in total. The zero-order valence-corrected chi connectivity index (χ0v) is 12.6. The van der Waals surface area contributed by atoms with Gasteiger partial charge in [0, 0.05) is 10.6 Å². The molecule has 102 valence electrons. The van der Waals surface area contributed by atoms with E-state index in [9.17, 15) is 5.26 Å². The molecule has 0 heterocycles. The average Bonchev–Trinajstić information content (AvgIpc) is 2.48. The van der Waals surface area contributed by atoms with E-state index in [4.69, 9.17) is 0 Å². The van der Waals surface area contributed by atoms with Crippen molar-refractivity contribution in [1.82, 2.24) is 0 Å². The van der Waals surface area contributed by atoms with E-state index in [1.165, 1.54) is 5.56 Å². The summed E-state index contributed by atoms with van der Waals surface area (Å²) < 4.78 is 0. The quantitative estimate of drug-likeness (QED) is 0.786. The number of rotatable bonds is 5. The number of hydrogen-bond donors (Lipinski definition) is 1. The van der Waals surface area contributed by atoms with E-state index in [-0.39, 0.29) is 0 Å². The summed E-state index contributed by atoms with van der Waals surface area (Å²) >= 11 is 1.70. The van der Waals surface area contributed by atoms with Crippen LogP contribution in [0.4, 0.5) is 11.4 Å². The number of thioether (sulfide) groups is 1. The number of benzene rings is 2. The van der Waals surface area contributed by atoms with Crippen LogP contribution in [-0.2, 0) is 6.42 Å². The van der Waals surface area contributed by atoms with E-state index >= 15 is 0 Å². The fourth-order valence-corrected chi connectivity index (χ4v) is 2.84. The van der Waals surface area contributed by atoms with Crippen LogP contribution in [-0.4, -0.2) is 5.75 Å². The van der Waals surface area contributed by atoms with Crippen LogP contribution in [0.5, 0.6) is 0 Å². The molecule has 0 atom stereocenters. The van der Waals surface area contributed by atoms with Gasteiger partial charge in [0.15, 0.2) is 0 Å². The highest BCUT2D eigenvalue weighted by Crippen LogP contribution is 2.29. The van der Waals surface area contributed by atoms with E-state index in [0.717, 1.165) is 34.0 Å². The summed E-state index contributed by atoms with van der Waals surface area (Å²) in [5.41, 5.74) is 3.91. The highest BCUT2D eigenvalue weighted by Gasteiger charge is 2.08. The van der Waals surface area contributed by atoms with Gasteiger partial charge in [0.25, 0.3) is 0 Å². The van der Waals surface area contributed by atoms with Crippen molar-refractivity contribution in [1.29, 1.82) is 5.26 Å². The number of nitrogens with one attached hydrogen (secondary N) is 1. The lowest BCUT2D eigenvalue weighted by Crippen LogP contribution is -1.96. The average molecular weight is 282 g/mol. The predicted octanol–water partition coefficient (Wildman–Crippen LogP) is 4.98. The van der Waals surface area contributed by atoms with Crippen molar-refractivity contribution >= 4 is 23.1 Å². The zero-order valence-electron chi connectivity index (χ0n) is 11.8. The van der Waals surface area contributed by atoms with Crippen molar-refractivity contribution in [3.63, 3.8) is 0 Å². The normalized spacial score (nSPS) is 10.1. The lowest BCUT2D eigenvalue weighted by atomic mass is 10.1. The molecule has 3 heteroatoms. The van der Waals surface area contributed by atoms with Gasteiger partial charge in [-0.2, -0.15) is 5.26 Å². The van der Waals surface area contributed by atoms with Gasteiger partial charge in [-0.05, 0) is 42.0 Å². The van der Waals surface area contributed by atoms with Gasteiger partial charge in [-0.15, -0.1) is 11.8 Å². The SMILES string of the molecule is CCSc1cccc(Nc2cccc(CC)c2)c1C#N. The van der Waals surface area contributed by atoms with Gasteiger partial charge in [0.1, 0.15) is 6.07 Å². The van der Waals surface area contributed by atoms with Gasteiger partial charge in [0.05, 0.1) is 11.3 Å². The molecule has 20 heavy (non-hydrogen) atoms. The Kier molecular flexibility index (Phi) is 5.09. The Hall–Kier alpha value is -1.92. The molecule has 0 aromatic heterocycles. The zero-order chi connectivity index (χ0) is 14.4. The maximum Gasteiger partial charge on any atom is 0.103 e. The molecule has 0 aliphatic carbocycles. The van der Waals surface area contributed by atoms with E-state index in [0.29, 0.717) is 0 Å². The van der Waals surface area contributed by atoms with Gasteiger partial charge >= 0.3 is 0 Å². The first-order valence-corrected chi connectivity index (χ1v) is 7.79. The van der Waals surface area contributed by atoms with Gasteiger partial charge in [0.2, 0.25) is 0 Å². The van der Waals surface area contributed by atoms with E-state index in [1.807, 2.05) is 30.3 Å². The maximum absolute atomic E-state index is 9.40. The number of anilines is 2. The Morgan fingerprint density at radius 3 is 2.65 bits per heavy atom. The Bertz CT molecular complexity index is 629. The monoisotopic (exact) mass is 282 g/mol. The topological polar surface area (TPSA) is 35.8 Å². The standard InChI is InChI=1S/C17H18N2S/c1-3-13-7-5-8-14(11-13)19-16-9-6-10-17(20-4-2)15(16)12-18/h5-11,19H,3-4H2,1-2H3. The molecule has 0 aliphatic rings. The Morgan fingerprint density at radius 2 is 1.95 bits per heavy atom. The van der Waals surface area contributed by atoms with E-state index in [1.54, 1.807) is 11.8 Å². The van der Waals surface area contributed by atoms with Gasteiger partial charge < -0.3 is 5.32 Å². The summed E-state index contributed by atoms with van der Waals surface area (Å²) in [5, 5.41) is 12.8. The maximum atomic E-state index is 9.40. The van der Waals surface area contributed by atoms with Crippen LogP contribution >= 0.6 is 11.8 Å². The second-order valence-corrected chi connectivity index (χ2v) is 5.71. The minimum atomic E-state index is 0.723. The molecule has 2 aromatic rings. The minimum Gasteiger partial charge on any atom is -0.354 e. The predicted molar refractivity (Wildman–Crippen MR) is 86.7 cm³/mol. The second-order valence-electron chi connectivity index (χ2n) is 4.40. The van der Waals surface area contributed by atoms with Crippen LogP contribution in [0.3, 0.4) is 0 Å². The lowest BCUT2D eigenvalue weighted by molar-refractivity contribution is 1.14. The number of nitrogens with zero attached hydrogens (tertiary/aromatic N) is 1. The van der Waals surface area contributed by atoms with Crippen molar-refractivity contribution in [3.05, 3.63) is 53.6 Å². The van der Waals surface area contributed by atoms with Crippen LogP contribution in [0.15, 0.2) is 47.4 Å². The third kappa shape index (κ3) is 3.34. The molecule has 0 spiro atoms. The molecule has 0 amide bonds. The van der Waals surface area contributed by atoms with E-state index in [2.05, 4.69) is 37.4 Å². The highest BCUT2D eigenvalue weighted by atomic mass is 32.2. The molecular formula is C17H18N2S. The van der Waals surface area contributed by atoms with Crippen molar-refractivity contribution in [2.45, 2.75) is 25.2 Å². The van der Waals surface area contributed by atoms with Crippen molar-refractivity contribution in [2.24, 2.45) is 0 Å². The van der Waals surface area contributed by atoms with Crippen molar-refractivity contribution < 1.29 is 0 Å². The third-order valence-electron chi connectivity index (χ3n) is 3.05. The lowest BCUT2D eigenvalue weighted by Gasteiger charge is -2.11. The summed E-state index contributed by atoms with van der Waals surface area (Å²) in [7, 11) is 0. The molecule has 0 aliphatic heterocycles. The molecule has 1 N–H and O–H groups in total. The van der Waals surface area contributed by atoms with Crippen LogP contribution in [0.25, 0.3) is 0 Å². The summed E-state index contributed by atoms with van der Waals surface area (Å²) in [6.45, 7) is 4.23. The molecule has 2 aromatic carbocycles. The third-order valence-corrected chi connectivity index (χ3v) is 3.99. The Labute approximate surface area is 124 Å². The van der Waals surface area contributed by atoms with Crippen LogP contribution in [0.1, 0.15) is 25.0 Å². The first-order valence-electron chi connectivity index (χ1n) is 6.80. The molecule has 0 bridgehead atoms. The first kappa shape index (κ1) is 14.5. The molecule has 2 rings (SSSR count). The van der Waals surface area contributed by atoms with Crippen LogP contribution in [0.2, 0.25) is 0 Å². The number of aryl methyl sites for hydroxylation is 1. The summed E-state index contributed by atoms with van der Waals surface area (Å²) in [6, 6.07) is 16.6. The summed E-state index contributed by atoms with van der Waals surface area (Å²) in [5.74, 6) is 0.962. The summed E-state index contributed by atoms with van der Waals surface area (Å²) in [6.07, 6.45) is 1.01. The van der Waals surface area contributed by atoms with Crippen molar-refractivity contribution in [2.75, 3.05) is 11.1 Å². The molecule has 0 unspecified atom stereocenters. The Balaban J connectivity index is 2.33. The van der Waals surface area contributed by atoms with Gasteiger partial charge in [-0.3, -0.25) is 0 Å². The first-order chi connectivity index (χ1) is 9.78.